The van der Waals surface area contributed by atoms with Gasteiger partial charge >= 0.3 is 0 Å². The highest BCUT2D eigenvalue weighted by Crippen LogP contribution is 2.31. The second-order valence-corrected chi connectivity index (χ2v) is 4.38. The molecule has 0 fully saturated rings. The van der Waals surface area contributed by atoms with E-state index in [-0.39, 0.29) is 22.5 Å². The zero-order chi connectivity index (χ0) is 15.1. The predicted octanol–water partition coefficient (Wildman–Crippen LogP) is 2.53. The molecule has 0 unspecified atom stereocenters. The lowest BCUT2D eigenvalue weighted by Gasteiger charge is -2.14. The summed E-state index contributed by atoms with van der Waals surface area (Å²) in [6.45, 7) is 0. The molecule has 3 rings (SSSR count). The molecule has 1 aliphatic rings. The minimum atomic E-state index is -0.774. The number of carbonyl (C=O) groups excluding carboxylic acids is 2. The van der Waals surface area contributed by atoms with Crippen molar-refractivity contribution in [2.45, 2.75) is 0 Å². The van der Waals surface area contributed by atoms with E-state index in [1.807, 2.05) is 0 Å². The molecule has 0 radical (unpaired) electrons. The third-order valence-corrected chi connectivity index (χ3v) is 3.17. The average molecular weight is 286 g/mol. The van der Waals surface area contributed by atoms with E-state index in [1.54, 1.807) is 0 Å². The topological polar surface area (TPSA) is 80.5 Å². The first kappa shape index (κ1) is 12.9. The first-order valence-electron chi connectivity index (χ1n) is 5.92. The molecule has 2 aromatic rings. The van der Waals surface area contributed by atoms with Gasteiger partial charge in [-0.25, -0.2) is 9.29 Å². The predicted molar refractivity (Wildman–Crippen MR) is 70.6 cm³/mol. The van der Waals surface area contributed by atoms with Gasteiger partial charge in [0.1, 0.15) is 5.82 Å². The van der Waals surface area contributed by atoms with Crippen LogP contribution >= 0.6 is 0 Å². The highest BCUT2D eigenvalue weighted by molar-refractivity contribution is 6.34. The fourth-order valence-electron chi connectivity index (χ4n) is 2.19. The SMILES string of the molecule is O=C1c2ccc([N+](=O)[O-])cc2C(=O)N1c1ccccc1F. The standard InChI is InChI=1S/C14H7FN2O4/c15-11-3-1-2-4-12(11)16-13(18)9-6-5-8(17(20)21)7-10(9)14(16)19/h1-7H. The summed E-state index contributed by atoms with van der Waals surface area (Å²) in [5, 5.41) is 10.7. The van der Waals surface area contributed by atoms with Gasteiger partial charge in [-0.1, -0.05) is 12.1 Å². The smallest absolute Gasteiger partial charge is 0.268 e. The first-order chi connectivity index (χ1) is 10.0. The molecule has 0 bridgehead atoms. The Morgan fingerprint density at radius 2 is 1.67 bits per heavy atom. The number of nitrogens with zero attached hydrogens (tertiary/aromatic N) is 2. The van der Waals surface area contributed by atoms with Crippen molar-refractivity contribution in [3.05, 3.63) is 69.5 Å². The Morgan fingerprint density at radius 1 is 1.00 bits per heavy atom. The first-order valence-corrected chi connectivity index (χ1v) is 5.92. The van der Waals surface area contributed by atoms with Gasteiger partial charge in [0.05, 0.1) is 21.7 Å². The molecule has 7 heteroatoms. The van der Waals surface area contributed by atoms with Gasteiger partial charge in [-0.15, -0.1) is 0 Å². The maximum Gasteiger partial charge on any atom is 0.270 e. The molecular formula is C14H7FN2O4. The number of benzene rings is 2. The van der Waals surface area contributed by atoms with Crippen molar-refractivity contribution in [2.75, 3.05) is 4.90 Å². The number of amides is 2. The van der Waals surface area contributed by atoms with Gasteiger partial charge in [-0.3, -0.25) is 19.7 Å². The number of anilines is 1. The van der Waals surface area contributed by atoms with Gasteiger partial charge in [0.15, 0.2) is 0 Å². The Balaban J connectivity index is 2.13. The zero-order valence-electron chi connectivity index (χ0n) is 10.4. The van der Waals surface area contributed by atoms with Crippen LogP contribution in [0.4, 0.5) is 15.8 Å². The Labute approximate surface area is 117 Å². The lowest BCUT2D eigenvalue weighted by atomic mass is 10.1. The van der Waals surface area contributed by atoms with Crippen LogP contribution in [0.25, 0.3) is 0 Å². The van der Waals surface area contributed by atoms with Crippen molar-refractivity contribution in [1.82, 2.24) is 0 Å². The molecule has 1 aliphatic heterocycles. The van der Waals surface area contributed by atoms with E-state index in [0.717, 1.165) is 18.2 Å². The lowest BCUT2D eigenvalue weighted by Crippen LogP contribution is -2.30. The summed E-state index contributed by atoms with van der Waals surface area (Å²) in [5.74, 6) is -2.19. The lowest BCUT2D eigenvalue weighted by molar-refractivity contribution is -0.384. The number of non-ortho nitro benzene ring substituents is 1. The number of fused-ring (bicyclic) bond motifs is 1. The molecule has 0 atom stereocenters. The van der Waals surface area contributed by atoms with Crippen LogP contribution in [0.2, 0.25) is 0 Å². The zero-order valence-corrected chi connectivity index (χ0v) is 10.4. The molecule has 0 spiro atoms. The van der Waals surface area contributed by atoms with Gasteiger partial charge in [0.2, 0.25) is 0 Å². The van der Waals surface area contributed by atoms with E-state index in [2.05, 4.69) is 0 Å². The highest BCUT2D eigenvalue weighted by atomic mass is 19.1. The molecule has 0 saturated carbocycles. The third-order valence-electron chi connectivity index (χ3n) is 3.17. The number of rotatable bonds is 2. The number of hydrogen-bond acceptors (Lipinski definition) is 4. The minimum Gasteiger partial charge on any atom is -0.268 e. The molecular weight excluding hydrogens is 279 g/mol. The number of nitro benzene ring substituents is 1. The Hall–Kier alpha value is -3.09. The van der Waals surface area contributed by atoms with E-state index >= 15 is 0 Å². The fraction of sp³-hybridized carbons (Fsp3) is 0. The van der Waals surface area contributed by atoms with Crippen LogP contribution in [0.3, 0.4) is 0 Å². The Bertz CT molecular complexity index is 803. The molecule has 2 amide bonds. The molecule has 0 aliphatic carbocycles. The van der Waals surface area contributed by atoms with E-state index in [1.165, 1.54) is 24.3 Å². The molecule has 0 aromatic heterocycles. The Morgan fingerprint density at radius 3 is 2.33 bits per heavy atom. The van der Waals surface area contributed by atoms with Crippen molar-refractivity contribution in [3.8, 4) is 0 Å². The van der Waals surface area contributed by atoms with Crippen LogP contribution < -0.4 is 4.90 Å². The molecule has 0 N–H and O–H groups in total. The molecule has 21 heavy (non-hydrogen) atoms. The van der Waals surface area contributed by atoms with Crippen LogP contribution in [0, 0.1) is 15.9 Å². The summed E-state index contributed by atoms with van der Waals surface area (Å²) in [7, 11) is 0. The largest absolute Gasteiger partial charge is 0.270 e. The van der Waals surface area contributed by atoms with Crippen molar-refractivity contribution in [3.63, 3.8) is 0 Å². The number of carbonyl (C=O) groups is 2. The number of para-hydroxylation sites is 1. The molecule has 0 saturated heterocycles. The summed E-state index contributed by atoms with van der Waals surface area (Å²) in [5.41, 5.74) is -0.553. The van der Waals surface area contributed by atoms with Gasteiger partial charge in [0.25, 0.3) is 17.5 Å². The van der Waals surface area contributed by atoms with Crippen LogP contribution in [0.1, 0.15) is 20.7 Å². The highest BCUT2D eigenvalue weighted by Gasteiger charge is 2.38. The average Bonchev–Trinajstić information content (AvgIpc) is 2.71. The van der Waals surface area contributed by atoms with E-state index < -0.39 is 22.6 Å². The van der Waals surface area contributed by atoms with E-state index in [4.69, 9.17) is 0 Å². The van der Waals surface area contributed by atoms with Crippen molar-refractivity contribution in [1.29, 1.82) is 0 Å². The quantitative estimate of drug-likeness (QED) is 0.482. The summed E-state index contributed by atoms with van der Waals surface area (Å²) in [6, 6.07) is 8.71. The normalized spacial score (nSPS) is 13.5. The van der Waals surface area contributed by atoms with Gasteiger partial charge < -0.3 is 0 Å². The van der Waals surface area contributed by atoms with Gasteiger partial charge in [0, 0.05) is 12.1 Å². The second-order valence-electron chi connectivity index (χ2n) is 4.38. The van der Waals surface area contributed by atoms with Gasteiger partial charge in [-0.2, -0.15) is 0 Å². The number of nitro groups is 1. The summed E-state index contributed by atoms with van der Waals surface area (Å²) in [4.78, 5) is 35.2. The minimum absolute atomic E-state index is 0.0221. The fourth-order valence-corrected chi connectivity index (χ4v) is 2.19. The number of halogens is 1. The van der Waals surface area contributed by atoms with Crippen molar-refractivity contribution >= 4 is 23.2 Å². The maximum atomic E-state index is 13.8. The van der Waals surface area contributed by atoms with Crippen LogP contribution in [-0.4, -0.2) is 16.7 Å². The summed E-state index contributed by atoms with van der Waals surface area (Å²) in [6.07, 6.45) is 0. The number of hydrogen-bond donors (Lipinski definition) is 0. The van der Waals surface area contributed by atoms with Crippen LogP contribution in [-0.2, 0) is 0 Å². The molecule has 6 nitrogen and oxygen atoms in total. The van der Waals surface area contributed by atoms with Gasteiger partial charge in [-0.05, 0) is 18.2 Å². The second kappa shape index (κ2) is 4.48. The molecule has 2 aromatic carbocycles. The van der Waals surface area contributed by atoms with Crippen molar-refractivity contribution < 1.29 is 18.9 Å². The van der Waals surface area contributed by atoms with E-state index in [9.17, 15) is 24.1 Å². The van der Waals surface area contributed by atoms with Crippen LogP contribution in [0.5, 0.6) is 0 Å². The molecule has 1 heterocycles. The Kier molecular flexibility index (Phi) is 2.76. The maximum absolute atomic E-state index is 13.8. The van der Waals surface area contributed by atoms with Crippen molar-refractivity contribution in [2.24, 2.45) is 0 Å². The monoisotopic (exact) mass is 286 g/mol. The summed E-state index contributed by atoms with van der Waals surface area (Å²) >= 11 is 0. The molecule has 104 valence electrons. The summed E-state index contributed by atoms with van der Waals surface area (Å²) < 4.78 is 13.8. The number of imide groups is 1. The third kappa shape index (κ3) is 1.86. The van der Waals surface area contributed by atoms with Crippen LogP contribution in [0.15, 0.2) is 42.5 Å². The van der Waals surface area contributed by atoms with E-state index in [0.29, 0.717) is 4.90 Å².